The molecular formula is C21H33N5O4. The van der Waals surface area contributed by atoms with E-state index in [-0.39, 0.29) is 6.04 Å². The Morgan fingerprint density at radius 1 is 1.20 bits per heavy atom. The molecule has 0 aliphatic carbocycles. The van der Waals surface area contributed by atoms with Gasteiger partial charge >= 0.3 is 6.09 Å². The first kappa shape index (κ1) is 25.2. The Balaban J connectivity index is 3.29. The number of anilines is 2. The molecule has 0 aromatic carbocycles. The van der Waals surface area contributed by atoms with Crippen LogP contribution < -0.4 is 16.0 Å². The van der Waals surface area contributed by atoms with E-state index in [9.17, 15) is 14.9 Å². The molecule has 0 saturated carbocycles. The van der Waals surface area contributed by atoms with Crippen molar-refractivity contribution >= 4 is 23.5 Å². The van der Waals surface area contributed by atoms with Gasteiger partial charge in [0, 0.05) is 19.3 Å². The summed E-state index contributed by atoms with van der Waals surface area (Å²) in [6.07, 6.45) is 0.708. The number of pyridine rings is 1. The van der Waals surface area contributed by atoms with Gasteiger partial charge in [0.05, 0.1) is 16.9 Å². The maximum absolute atomic E-state index is 13.2. The predicted octanol–water partition coefficient (Wildman–Crippen LogP) is 3.34. The lowest BCUT2D eigenvalue weighted by Crippen LogP contribution is -2.57. The first-order valence-corrected chi connectivity index (χ1v) is 9.73. The number of ether oxygens (including phenoxy) is 2. The van der Waals surface area contributed by atoms with Crippen molar-refractivity contribution in [2.45, 2.75) is 78.7 Å². The van der Waals surface area contributed by atoms with Crippen LogP contribution in [0, 0.1) is 18.3 Å². The lowest BCUT2D eigenvalue weighted by atomic mass is 9.97. The Hall–Kier alpha value is -2.86. The second-order valence-electron chi connectivity index (χ2n) is 8.81. The van der Waals surface area contributed by atoms with E-state index in [0.29, 0.717) is 22.6 Å². The minimum Gasteiger partial charge on any atom is -0.444 e. The number of nitriles is 1. The van der Waals surface area contributed by atoms with Gasteiger partial charge in [-0.1, -0.05) is 0 Å². The molecule has 9 heteroatoms. The smallest absolute Gasteiger partial charge is 0.408 e. The van der Waals surface area contributed by atoms with Gasteiger partial charge in [0.25, 0.3) is 0 Å². The molecule has 0 aliphatic heterocycles. The summed E-state index contributed by atoms with van der Waals surface area (Å²) in [6, 6.07) is 1.04. The molecule has 1 aromatic rings. The highest BCUT2D eigenvalue weighted by Gasteiger charge is 2.38. The predicted molar refractivity (Wildman–Crippen MR) is 115 cm³/mol. The number of nitrogens with zero attached hydrogens (tertiary/aromatic N) is 2. The van der Waals surface area contributed by atoms with E-state index >= 15 is 0 Å². The minimum atomic E-state index is -1.07. The number of rotatable bonds is 7. The zero-order valence-corrected chi connectivity index (χ0v) is 19.3. The number of alkyl carbamates (subject to hydrolysis) is 1. The molecule has 1 atom stereocenters. The third-order valence-electron chi connectivity index (χ3n) is 4.28. The average molecular weight is 420 g/mol. The summed E-state index contributed by atoms with van der Waals surface area (Å²) < 4.78 is 10.7. The summed E-state index contributed by atoms with van der Waals surface area (Å²) in [5.41, 5.74) is -0.493. The number of amides is 2. The first-order chi connectivity index (χ1) is 13.7. The van der Waals surface area contributed by atoms with Gasteiger partial charge in [-0.05, 0) is 61.0 Å². The lowest BCUT2D eigenvalue weighted by Gasteiger charge is -2.33. The number of aromatic nitrogens is 1. The van der Waals surface area contributed by atoms with Gasteiger partial charge in [-0.2, -0.15) is 5.26 Å². The summed E-state index contributed by atoms with van der Waals surface area (Å²) in [5.74, 6) is -0.0967. The van der Waals surface area contributed by atoms with Crippen LogP contribution in [0.3, 0.4) is 0 Å². The number of nitrogens with one attached hydrogen (secondary N) is 3. The van der Waals surface area contributed by atoms with Crippen molar-refractivity contribution in [2.75, 3.05) is 17.7 Å². The fourth-order valence-corrected chi connectivity index (χ4v) is 2.54. The number of carbonyl (C=O) groups is 2. The van der Waals surface area contributed by atoms with Crippen molar-refractivity contribution in [1.29, 1.82) is 5.26 Å². The number of carbonyl (C=O) groups excluding carboxylic acids is 2. The summed E-state index contributed by atoms with van der Waals surface area (Å²) in [5, 5.41) is 17.9. The zero-order chi connectivity index (χ0) is 23.3. The van der Waals surface area contributed by atoms with E-state index in [4.69, 9.17) is 9.47 Å². The number of hydrogen-bond donors (Lipinski definition) is 3. The van der Waals surface area contributed by atoms with E-state index in [1.54, 1.807) is 41.5 Å². The molecule has 0 saturated heterocycles. The van der Waals surface area contributed by atoms with E-state index < -0.39 is 29.2 Å². The fourth-order valence-electron chi connectivity index (χ4n) is 2.54. The zero-order valence-electron chi connectivity index (χ0n) is 19.3. The van der Waals surface area contributed by atoms with Gasteiger partial charge in [0.1, 0.15) is 23.5 Å². The maximum Gasteiger partial charge on any atom is 0.408 e. The van der Waals surface area contributed by atoms with Gasteiger partial charge in [-0.3, -0.25) is 4.79 Å². The molecule has 0 spiro atoms. The van der Waals surface area contributed by atoms with Gasteiger partial charge in [-0.25, -0.2) is 9.78 Å². The van der Waals surface area contributed by atoms with Crippen LogP contribution in [0.1, 0.15) is 59.6 Å². The number of methoxy groups -OCH3 is 1. The van der Waals surface area contributed by atoms with Crippen molar-refractivity contribution < 1.29 is 19.1 Å². The third-order valence-corrected chi connectivity index (χ3v) is 4.28. The van der Waals surface area contributed by atoms with E-state index in [0.717, 1.165) is 0 Å². The van der Waals surface area contributed by atoms with Crippen LogP contribution in [0.5, 0.6) is 0 Å². The summed E-state index contributed by atoms with van der Waals surface area (Å²) in [7, 11) is 1.45. The molecule has 3 N–H and O–H groups in total. The van der Waals surface area contributed by atoms with Gasteiger partial charge in [-0.15, -0.1) is 0 Å². The van der Waals surface area contributed by atoms with E-state index in [1.807, 2.05) is 13.8 Å². The molecule has 1 unspecified atom stereocenters. The fraction of sp³-hybridized carbons (Fsp3) is 0.619. The van der Waals surface area contributed by atoms with Crippen LogP contribution in [0.25, 0.3) is 0 Å². The van der Waals surface area contributed by atoms with Gasteiger partial charge in [0.2, 0.25) is 5.91 Å². The van der Waals surface area contributed by atoms with Crippen LogP contribution in [0.2, 0.25) is 0 Å². The topological polar surface area (TPSA) is 125 Å². The Kier molecular flexibility index (Phi) is 8.19. The maximum atomic E-state index is 13.2. The second-order valence-corrected chi connectivity index (χ2v) is 8.81. The van der Waals surface area contributed by atoms with E-state index in [1.165, 1.54) is 13.3 Å². The lowest BCUT2D eigenvalue weighted by molar-refractivity contribution is -0.125. The monoisotopic (exact) mass is 419 g/mol. The van der Waals surface area contributed by atoms with Crippen LogP contribution in [-0.4, -0.2) is 47.4 Å². The normalized spacial score (nSPS) is 12.7. The molecule has 2 amide bonds. The first-order valence-electron chi connectivity index (χ1n) is 9.73. The third kappa shape index (κ3) is 6.88. The molecule has 9 nitrogen and oxygen atoms in total. The van der Waals surface area contributed by atoms with Crippen LogP contribution in [0.4, 0.5) is 16.3 Å². The van der Waals surface area contributed by atoms with Crippen molar-refractivity contribution in [2.24, 2.45) is 0 Å². The summed E-state index contributed by atoms with van der Waals surface area (Å²) in [4.78, 5) is 29.8. The van der Waals surface area contributed by atoms with Crippen molar-refractivity contribution in [3.05, 3.63) is 17.3 Å². The molecule has 0 bridgehead atoms. The minimum absolute atomic E-state index is 0.0478. The molecule has 1 rings (SSSR count). The summed E-state index contributed by atoms with van der Waals surface area (Å²) >= 11 is 0. The van der Waals surface area contributed by atoms with Crippen molar-refractivity contribution in [3.63, 3.8) is 0 Å². The number of hydrogen-bond acceptors (Lipinski definition) is 7. The molecule has 0 fully saturated rings. The van der Waals surface area contributed by atoms with Crippen LogP contribution >= 0.6 is 0 Å². The highest BCUT2D eigenvalue weighted by Crippen LogP contribution is 2.28. The largest absolute Gasteiger partial charge is 0.444 e. The Morgan fingerprint density at radius 3 is 2.27 bits per heavy atom. The van der Waals surface area contributed by atoms with Crippen molar-refractivity contribution in [1.82, 2.24) is 10.3 Å². The van der Waals surface area contributed by atoms with Gasteiger partial charge in [0.15, 0.2) is 0 Å². The Labute approximate surface area is 178 Å². The molecule has 0 aliphatic rings. The highest BCUT2D eigenvalue weighted by atomic mass is 16.6. The molecule has 1 heterocycles. The van der Waals surface area contributed by atoms with Crippen molar-refractivity contribution in [3.8, 4) is 6.07 Å². The quantitative estimate of drug-likeness (QED) is 0.619. The molecule has 1 aromatic heterocycles. The molecule has 30 heavy (non-hydrogen) atoms. The Morgan fingerprint density at radius 2 is 1.80 bits per heavy atom. The molecule has 166 valence electrons. The van der Waals surface area contributed by atoms with Gasteiger partial charge < -0.3 is 25.4 Å². The molecular weight excluding hydrogens is 386 g/mol. The SMILES string of the molecule is COC(C)(C)C(NC(=O)OC(C)(C)C)C(=O)Nc1c(NC(C)C)ncc(C#N)c1C. The molecule has 0 radical (unpaired) electrons. The van der Waals surface area contributed by atoms with E-state index in [2.05, 4.69) is 27.0 Å². The average Bonchev–Trinajstić information content (AvgIpc) is 2.60. The van der Waals surface area contributed by atoms with Crippen LogP contribution in [0.15, 0.2) is 6.20 Å². The standard InChI is InChI=1S/C21H33N5O4/c1-12(2)24-17-15(13(3)14(10-22)11-23-17)25-18(27)16(21(7,8)29-9)26-19(28)30-20(4,5)6/h11-12,16H,1-9H3,(H,23,24)(H,25,27)(H,26,28). The Bertz CT molecular complexity index is 822. The summed E-state index contributed by atoms with van der Waals surface area (Å²) in [6.45, 7) is 14.1. The highest BCUT2D eigenvalue weighted by molar-refractivity contribution is 6.00. The second kappa shape index (κ2) is 9.76. The van der Waals surface area contributed by atoms with Crippen LogP contribution in [-0.2, 0) is 14.3 Å².